The Morgan fingerprint density at radius 2 is 2.14 bits per heavy atom. The van der Waals surface area contributed by atoms with Crippen LogP contribution in [0.4, 0.5) is 0 Å². The van der Waals surface area contributed by atoms with Crippen molar-refractivity contribution < 1.29 is 9.84 Å². The van der Waals surface area contributed by atoms with Gasteiger partial charge in [0.15, 0.2) is 0 Å². The molecule has 1 aliphatic rings. The Bertz CT molecular complexity index is 544. The van der Waals surface area contributed by atoms with Gasteiger partial charge in [-0.15, -0.1) is 0 Å². The Balaban J connectivity index is 1.46. The number of aromatic nitrogens is 2. The van der Waals surface area contributed by atoms with Crippen molar-refractivity contribution in [2.75, 3.05) is 19.7 Å². The zero-order valence-electron chi connectivity index (χ0n) is 12.7. The van der Waals surface area contributed by atoms with Crippen LogP contribution in [0, 0.1) is 0 Å². The largest absolute Gasteiger partial charge is 0.491 e. The highest BCUT2D eigenvalue weighted by Crippen LogP contribution is 2.19. The first-order valence-corrected chi connectivity index (χ1v) is 7.88. The molecule has 1 saturated heterocycles. The number of aliphatic hydroxyl groups is 1. The summed E-state index contributed by atoms with van der Waals surface area (Å²) >= 11 is 0. The van der Waals surface area contributed by atoms with Crippen molar-refractivity contribution in [3.05, 3.63) is 48.8 Å². The average molecular weight is 301 g/mol. The van der Waals surface area contributed by atoms with Gasteiger partial charge >= 0.3 is 0 Å². The second kappa shape index (κ2) is 7.42. The maximum absolute atomic E-state index is 10.2. The van der Waals surface area contributed by atoms with E-state index < -0.39 is 6.10 Å². The Morgan fingerprint density at radius 3 is 2.91 bits per heavy atom. The van der Waals surface area contributed by atoms with Crippen LogP contribution in [0.5, 0.6) is 5.75 Å². The number of rotatable bonds is 7. The van der Waals surface area contributed by atoms with Gasteiger partial charge in [0.2, 0.25) is 0 Å². The van der Waals surface area contributed by atoms with E-state index in [0.29, 0.717) is 19.2 Å². The molecule has 0 saturated carbocycles. The second-order valence-corrected chi connectivity index (χ2v) is 5.80. The number of nitrogens with zero attached hydrogens (tertiary/aromatic N) is 3. The molecule has 2 heterocycles. The van der Waals surface area contributed by atoms with E-state index >= 15 is 0 Å². The smallest absolute Gasteiger partial charge is 0.119 e. The zero-order chi connectivity index (χ0) is 15.2. The third-order valence-corrected chi connectivity index (χ3v) is 4.09. The Hall–Kier alpha value is -1.85. The van der Waals surface area contributed by atoms with Gasteiger partial charge in [0.25, 0.3) is 0 Å². The molecule has 5 nitrogen and oxygen atoms in total. The summed E-state index contributed by atoms with van der Waals surface area (Å²) in [7, 11) is 0. The van der Waals surface area contributed by atoms with Crippen LogP contribution in [-0.4, -0.2) is 51.6 Å². The van der Waals surface area contributed by atoms with Crippen LogP contribution in [0.3, 0.4) is 0 Å². The molecule has 118 valence electrons. The fraction of sp³-hybridized carbons (Fsp3) is 0.471. The van der Waals surface area contributed by atoms with Crippen molar-refractivity contribution in [3.8, 4) is 5.75 Å². The molecule has 1 fully saturated rings. The lowest BCUT2D eigenvalue weighted by molar-refractivity contribution is 0.0609. The van der Waals surface area contributed by atoms with Crippen molar-refractivity contribution in [2.45, 2.75) is 31.5 Å². The maximum Gasteiger partial charge on any atom is 0.119 e. The van der Waals surface area contributed by atoms with Gasteiger partial charge in [-0.3, -0.25) is 9.58 Å². The molecule has 0 aliphatic carbocycles. The summed E-state index contributed by atoms with van der Waals surface area (Å²) in [6.07, 6.45) is 5.66. The molecule has 1 aromatic carbocycles. The molecule has 0 radical (unpaired) electrons. The van der Waals surface area contributed by atoms with Crippen molar-refractivity contribution in [2.24, 2.45) is 0 Å². The number of hydrogen-bond acceptors (Lipinski definition) is 4. The van der Waals surface area contributed by atoms with Crippen molar-refractivity contribution in [3.63, 3.8) is 0 Å². The normalized spacial score (nSPS) is 20.1. The summed E-state index contributed by atoms with van der Waals surface area (Å²) in [4.78, 5) is 2.35. The van der Waals surface area contributed by atoms with E-state index in [4.69, 9.17) is 4.74 Å². The SMILES string of the molecule is O[C@H](COc1ccccc1)CN1CCC[C@@H]1Cn1cccn1. The molecule has 2 aromatic rings. The highest BCUT2D eigenvalue weighted by atomic mass is 16.5. The van der Waals surface area contributed by atoms with E-state index in [0.717, 1.165) is 25.3 Å². The zero-order valence-corrected chi connectivity index (χ0v) is 12.7. The van der Waals surface area contributed by atoms with Gasteiger partial charge < -0.3 is 9.84 Å². The summed E-state index contributed by atoms with van der Waals surface area (Å²) in [6, 6.07) is 12.0. The maximum atomic E-state index is 10.2. The van der Waals surface area contributed by atoms with Crippen LogP contribution < -0.4 is 4.74 Å². The molecule has 0 spiro atoms. The predicted octanol–water partition coefficient (Wildman–Crippen LogP) is 1.79. The molecular weight excluding hydrogens is 278 g/mol. The van der Waals surface area contributed by atoms with E-state index in [1.54, 1.807) is 0 Å². The first-order chi connectivity index (χ1) is 10.8. The topological polar surface area (TPSA) is 50.5 Å². The quantitative estimate of drug-likeness (QED) is 0.847. The molecule has 3 rings (SSSR count). The van der Waals surface area contributed by atoms with E-state index in [-0.39, 0.29) is 0 Å². The average Bonchev–Trinajstić information content (AvgIpc) is 3.20. The van der Waals surface area contributed by atoms with E-state index in [2.05, 4.69) is 10.00 Å². The Morgan fingerprint density at radius 1 is 1.27 bits per heavy atom. The van der Waals surface area contributed by atoms with Crippen molar-refractivity contribution >= 4 is 0 Å². The molecule has 1 N–H and O–H groups in total. The second-order valence-electron chi connectivity index (χ2n) is 5.80. The van der Waals surface area contributed by atoms with Gasteiger partial charge in [0.05, 0.1) is 6.54 Å². The highest BCUT2D eigenvalue weighted by molar-refractivity contribution is 5.20. The standard InChI is InChI=1S/C17H23N3O2/c21-16(14-22-17-7-2-1-3-8-17)13-19-10-4-6-15(19)12-20-11-5-9-18-20/h1-3,5,7-9,11,15-16,21H,4,6,10,12-14H2/t15-,16+/m1/s1. The minimum Gasteiger partial charge on any atom is -0.491 e. The fourth-order valence-electron chi connectivity index (χ4n) is 3.00. The summed E-state index contributed by atoms with van der Waals surface area (Å²) in [5.41, 5.74) is 0. The van der Waals surface area contributed by atoms with E-state index in [1.165, 1.54) is 6.42 Å². The lowest BCUT2D eigenvalue weighted by Gasteiger charge is -2.26. The minimum absolute atomic E-state index is 0.328. The molecule has 22 heavy (non-hydrogen) atoms. The minimum atomic E-state index is -0.474. The number of likely N-dealkylation sites (tertiary alicyclic amines) is 1. The monoisotopic (exact) mass is 301 g/mol. The van der Waals surface area contributed by atoms with Gasteiger partial charge in [-0.05, 0) is 37.6 Å². The van der Waals surface area contributed by atoms with Gasteiger partial charge in [-0.2, -0.15) is 5.10 Å². The van der Waals surface area contributed by atoms with Gasteiger partial charge in [0.1, 0.15) is 18.5 Å². The summed E-state index contributed by atoms with van der Waals surface area (Å²) in [6.45, 7) is 2.90. The molecular formula is C17H23N3O2. The third kappa shape index (κ3) is 4.08. The van der Waals surface area contributed by atoms with Crippen LogP contribution >= 0.6 is 0 Å². The van der Waals surface area contributed by atoms with Crippen LogP contribution in [0.25, 0.3) is 0 Å². The number of benzene rings is 1. The van der Waals surface area contributed by atoms with Gasteiger partial charge in [-0.1, -0.05) is 18.2 Å². The lowest BCUT2D eigenvalue weighted by atomic mass is 10.2. The Labute approximate surface area is 131 Å². The highest BCUT2D eigenvalue weighted by Gasteiger charge is 2.26. The molecule has 5 heteroatoms. The first-order valence-electron chi connectivity index (χ1n) is 7.88. The number of β-amino-alcohol motifs (C(OH)–C–C–N with tert-alkyl or cyclic N) is 1. The van der Waals surface area contributed by atoms with Gasteiger partial charge in [0, 0.05) is 25.0 Å². The van der Waals surface area contributed by atoms with Crippen LogP contribution in [0.2, 0.25) is 0 Å². The predicted molar refractivity (Wildman–Crippen MR) is 84.8 cm³/mol. The molecule has 2 atom stereocenters. The number of aliphatic hydroxyl groups excluding tert-OH is 1. The molecule has 0 unspecified atom stereocenters. The van der Waals surface area contributed by atoms with Crippen molar-refractivity contribution in [1.82, 2.24) is 14.7 Å². The van der Waals surface area contributed by atoms with E-state index in [1.807, 2.05) is 53.5 Å². The third-order valence-electron chi connectivity index (χ3n) is 4.09. The van der Waals surface area contributed by atoms with Crippen LogP contribution in [0.15, 0.2) is 48.8 Å². The summed E-state index contributed by atoms with van der Waals surface area (Å²) in [5.74, 6) is 0.802. The molecule has 1 aromatic heterocycles. The Kier molecular flexibility index (Phi) is 5.08. The number of ether oxygens (including phenoxy) is 1. The number of hydrogen-bond donors (Lipinski definition) is 1. The van der Waals surface area contributed by atoms with Crippen molar-refractivity contribution in [1.29, 1.82) is 0 Å². The first kappa shape index (κ1) is 15.1. The summed E-state index contributed by atoms with van der Waals surface area (Å²) < 4.78 is 7.59. The fourth-order valence-corrected chi connectivity index (χ4v) is 3.00. The van der Waals surface area contributed by atoms with E-state index in [9.17, 15) is 5.11 Å². The molecule has 0 amide bonds. The lowest BCUT2D eigenvalue weighted by Crippen LogP contribution is -2.40. The molecule has 0 bridgehead atoms. The van der Waals surface area contributed by atoms with Gasteiger partial charge in [-0.25, -0.2) is 0 Å². The van der Waals surface area contributed by atoms with Crippen LogP contribution in [0.1, 0.15) is 12.8 Å². The number of para-hydroxylation sites is 1. The molecule has 1 aliphatic heterocycles. The summed E-state index contributed by atoms with van der Waals surface area (Å²) in [5, 5.41) is 14.5. The van der Waals surface area contributed by atoms with Crippen LogP contribution in [-0.2, 0) is 6.54 Å².